The number of carbonyl (C=O) groups is 1. The molecule has 3 aromatic heterocycles. The highest BCUT2D eigenvalue weighted by atomic mass is 16.3. The summed E-state index contributed by atoms with van der Waals surface area (Å²) in [4.78, 5) is 28.6. The Bertz CT molecular complexity index is 1410. The number of oxazole rings is 1. The molecule has 5 aromatic rings. The molecule has 0 atom stereocenters. The van der Waals surface area contributed by atoms with Gasteiger partial charge in [-0.2, -0.15) is 0 Å². The monoisotopic (exact) mass is 397 g/mol. The SMILES string of the molecule is O=C(c1ccc2c(c1)nc(-c1ccc3ocnc3c1)c1nccn12)N1CCCCC1. The van der Waals surface area contributed by atoms with Crippen LogP contribution in [-0.4, -0.2) is 43.2 Å². The minimum atomic E-state index is 0.0784. The molecule has 0 aliphatic carbocycles. The largest absolute Gasteiger partial charge is 0.443 e. The van der Waals surface area contributed by atoms with Crippen molar-refractivity contribution in [2.75, 3.05) is 13.1 Å². The van der Waals surface area contributed by atoms with Crippen molar-refractivity contribution in [3.63, 3.8) is 0 Å². The summed E-state index contributed by atoms with van der Waals surface area (Å²) >= 11 is 0. The molecule has 30 heavy (non-hydrogen) atoms. The molecule has 6 rings (SSSR count). The lowest BCUT2D eigenvalue weighted by Crippen LogP contribution is -2.35. The first-order chi connectivity index (χ1) is 14.8. The zero-order valence-corrected chi connectivity index (χ0v) is 16.3. The van der Waals surface area contributed by atoms with Crippen LogP contribution in [0.4, 0.5) is 0 Å². The van der Waals surface area contributed by atoms with E-state index in [-0.39, 0.29) is 5.91 Å². The molecule has 1 saturated heterocycles. The van der Waals surface area contributed by atoms with Crippen molar-refractivity contribution in [3.05, 3.63) is 60.7 Å². The predicted octanol–water partition coefficient (Wildman–Crippen LogP) is 4.32. The highest BCUT2D eigenvalue weighted by Crippen LogP contribution is 2.29. The van der Waals surface area contributed by atoms with Gasteiger partial charge in [0.1, 0.15) is 11.2 Å². The number of hydrogen-bond donors (Lipinski definition) is 0. The highest BCUT2D eigenvalue weighted by Gasteiger charge is 2.20. The third-order valence-corrected chi connectivity index (χ3v) is 5.81. The molecule has 1 aliphatic rings. The maximum atomic E-state index is 13.0. The molecular weight excluding hydrogens is 378 g/mol. The van der Waals surface area contributed by atoms with E-state index in [0.717, 1.165) is 65.0 Å². The average molecular weight is 397 g/mol. The molecule has 0 radical (unpaired) electrons. The first kappa shape index (κ1) is 17.1. The molecule has 1 amide bonds. The molecule has 0 saturated carbocycles. The zero-order valence-electron chi connectivity index (χ0n) is 16.3. The van der Waals surface area contributed by atoms with Crippen molar-refractivity contribution in [3.8, 4) is 11.3 Å². The summed E-state index contributed by atoms with van der Waals surface area (Å²) in [6.45, 7) is 1.65. The molecule has 7 nitrogen and oxygen atoms in total. The number of piperidine rings is 1. The summed E-state index contributed by atoms with van der Waals surface area (Å²) in [7, 11) is 0. The molecule has 4 heterocycles. The van der Waals surface area contributed by atoms with Gasteiger partial charge < -0.3 is 9.32 Å². The first-order valence-electron chi connectivity index (χ1n) is 10.2. The highest BCUT2D eigenvalue weighted by molar-refractivity contribution is 5.98. The first-order valence-corrected chi connectivity index (χ1v) is 10.2. The Morgan fingerprint density at radius 2 is 1.87 bits per heavy atom. The Hall–Kier alpha value is -3.74. The Balaban J connectivity index is 1.52. The number of rotatable bonds is 2. The summed E-state index contributed by atoms with van der Waals surface area (Å²) in [5.41, 5.74) is 6.28. The van der Waals surface area contributed by atoms with Crippen molar-refractivity contribution >= 4 is 33.7 Å². The van der Waals surface area contributed by atoms with Gasteiger partial charge in [0, 0.05) is 36.6 Å². The smallest absolute Gasteiger partial charge is 0.253 e. The molecule has 7 heteroatoms. The fraction of sp³-hybridized carbons (Fsp3) is 0.217. The zero-order chi connectivity index (χ0) is 20.1. The van der Waals surface area contributed by atoms with E-state index in [2.05, 4.69) is 9.97 Å². The predicted molar refractivity (Wildman–Crippen MR) is 113 cm³/mol. The third kappa shape index (κ3) is 2.66. The number of fused-ring (bicyclic) bond motifs is 4. The minimum absolute atomic E-state index is 0.0784. The average Bonchev–Trinajstić information content (AvgIpc) is 3.47. The molecule has 1 aliphatic heterocycles. The van der Waals surface area contributed by atoms with Gasteiger partial charge in [0.25, 0.3) is 5.91 Å². The van der Waals surface area contributed by atoms with Gasteiger partial charge >= 0.3 is 0 Å². The number of nitrogens with zero attached hydrogens (tertiary/aromatic N) is 5. The quantitative estimate of drug-likeness (QED) is 0.443. The van der Waals surface area contributed by atoms with Gasteiger partial charge in [0.2, 0.25) is 0 Å². The summed E-state index contributed by atoms with van der Waals surface area (Å²) in [6.07, 6.45) is 8.46. The number of imidazole rings is 1. The van der Waals surface area contributed by atoms with Crippen molar-refractivity contribution in [2.45, 2.75) is 19.3 Å². The number of hydrogen-bond acceptors (Lipinski definition) is 5. The molecule has 0 spiro atoms. The van der Waals surface area contributed by atoms with Crippen LogP contribution in [0.5, 0.6) is 0 Å². The van der Waals surface area contributed by atoms with E-state index >= 15 is 0 Å². The molecule has 0 unspecified atom stereocenters. The summed E-state index contributed by atoms with van der Waals surface area (Å²) in [6, 6.07) is 11.5. The fourth-order valence-corrected chi connectivity index (χ4v) is 4.27. The number of amides is 1. The Morgan fingerprint density at radius 3 is 2.77 bits per heavy atom. The van der Waals surface area contributed by atoms with Gasteiger partial charge in [-0.1, -0.05) is 0 Å². The van der Waals surface area contributed by atoms with Gasteiger partial charge in [0.05, 0.1) is 11.0 Å². The number of benzene rings is 2. The number of likely N-dealkylation sites (tertiary alicyclic amines) is 1. The summed E-state index contributed by atoms with van der Waals surface area (Å²) < 4.78 is 7.37. The minimum Gasteiger partial charge on any atom is -0.443 e. The summed E-state index contributed by atoms with van der Waals surface area (Å²) in [5.74, 6) is 0.0784. The second-order valence-electron chi connectivity index (χ2n) is 7.67. The van der Waals surface area contributed by atoms with Gasteiger partial charge in [-0.15, -0.1) is 0 Å². The van der Waals surface area contributed by atoms with Crippen LogP contribution < -0.4 is 0 Å². The second kappa shape index (κ2) is 6.66. The Morgan fingerprint density at radius 1 is 0.967 bits per heavy atom. The van der Waals surface area contributed by atoms with Crippen LogP contribution in [0.25, 0.3) is 39.0 Å². The maximum Gasteiger partial charge on any atom is 0.253 e. The lowest BCUT2D eigenvalue weighted by molar-refractivity contribution is 0.0724. The Labute approximate surface area is 172 Å². The van der Waals surface area contributed by atoms with Crippen LogP contribution >= 0.6 is 0 Å². The topological polar surface area (TPSA) is 76.5 Å². The van der Waals surface area contributed by atoms with E-state index in [1.807, 2.05) is 51.9 Å². The van der Waals surface area contributed by atoms with Gasteiger partial charge in [-0.3, -0.25) is 9.20 Å². The van der Waals surface area contributed by atoms with Gasteiger partial charge in [0.15, 0.2) is 17.6 Å². The molecule has 1 fully saturated rings. The van der Waals surface area contributed by atoms with Crippen molar-refractivity contribution < 1.29 is 9.21 Å². The number of aromatic nitrogens is 4. The van der Waals surface area contributed by atoms with E-state index in [1.54, 1.807) is 6.20 Å². The lowest BCUT2D eigenvalue weighted by atomic mass is 10.1. The standard InChI is InChI=1S/C23H19N5O2/c29-23(27-9-2-1-3-10-27)16-4-6-19-17(13-16)26-21(22-24-8-11-28(19)22)15-5-7-20-18(12-15)25-14-30-20/h4-8,11-14H,1-3,9-10H2. The van der Waals surface area contributed by atoms with Crippen LogP contribution in [0.1, 0.15) is 29.6 Å². The van der Waals surface area contributed by atoms with Crippen LogP contribution in [0.3, 0.4) is 0 Å². The maximum absolute atomic E-state index is 13.0. The van der Waals surface area contributed by atoms with Gasteiger partial charge in [-0.25, -0.2) is 15.0 Å². The van der Waals surface area contributed by atoms with Crippen LogP contribution in [0, 0.1) is 0 Å². The lowest BCUT2D eigenvalue weighted by Gasteiger charge is -2.26. The molecule has 0 N–H and O–H groups in total. The van der Waals surface area contributed by atoms with E-state index < -0.39 is 0 Å². The van der Waals surface area contributed by atoms with Crippen molar-refractivity contribution in [1.29, 1.82) is 0 Å². The van der Waals surface area contributed by atoms with Crippen molar-refractivity contribution in [2.24, 2.45) is 0 Å². The van der Waals surface area contributed by atoms with Crippen molar-refractivity contribution in [1.82, 2.24) is 24.3 Å². The molecule has 148 valence electrons. The van der Waals surface area contributed by atoms with Gasteiger partial charge in [-0.05, 0) is 55.7 Å². The van der Waals surface area contributed by atoms with Crippen LogP contribution in [-0.2, 0) is 0 Å². The van der Waals surface area contributed by atoms with E-state index in [9.17, 15) is 4.79 Å². The molecule has 0 bridgehead atoms. The summed E-state index contributed by atoms with van der Waals surface area (Å²) in [5, 5.41) is 0. The molecular formula is C23H19N5O2. The van der Waals surface area contributed by atoms with Crippen LogP contribution in [0.2, 0.25) is 0 Å². The van der Waals surface area contributed by atoms with Crippen LogP contribution in [0.15, 0.2) is 59.6 Å². The van der Waals surface area contributed by atoms with E-state index in [0.29, 0.717) is 5.56 Å². The Kier molecular flexibility index (Phi) is 3.80. The second-order valence-corrected chi connectivity index (χ2v) is 7.67. The number of carbonyl (C=O) groups excluding carboxylic acids is 1. The fourth-order valence-electron chi connectivity index (χ4n) is 4.27. The van der Waals surface area contributed by atoms with E-state index in [1.165, 1.54) is 12.8 Å². The molecule has 2 aromatic carbocycles. The normalized spacial score (nSPS) is 14.7. The third-order valence-electron chi connectivity index (χ3n) is 5.81. The van der Waals surface area contributed by atoms with E-state index in [4.69, 9.17) is 9.40 Å².